The third-order valence-electron chi connectivity index (χ3n) is 2.40. The van der Waals surface area contributed by atoms with E-state index >= 15 is 0 Å². The van der Waals surface area contributed by atoms with Gasteiger partial charge < -0.3 is 9.84 Å². The highest BCUT2D eigenvalue weighted by molar-refractivity contribution is 9.10. The van der Waals surface area contributed by atoms with Crippen LogP contribution in [-0.2, 0) is 0 Å². The summed E-state index contributed by atoms with van der Waals surface area (Å²) >= 11 is 4.76. The summed E-state index contributed by atoms with van der Waals surface area (Å²) in [4.78, 5) is 15.8. The normalized spacial score (nSPS) is 10.4. The van der Waals surface area contributed by atoms with Crippen molar-refractivity contribution < 1.29 is 14.6 Å². The summed E-state index contributed by atoms with van der Waals surface area (Å²) in [5.74, 6) is -0.270. The Hall–Kier alpha value is -1.40. The van der Waals surface area contributed by atoms with Crippen molar-refractivity contribution in [2.45, 2.75) is 6.92 Å². The monoisotopic (exact) mass is 327 g/mol. The van der Waals surface area contributed by atoms with Crippen molar-refractivity contribution in [3.05, 3.63) is 33.2 Å². The minimum atomic E-state index is -0.998. The molecule has 0 aliphatic carbocycles. The topological polar surface area (TPSA) is 59.4 Å². The first-order valence-corrected chi connectivity index (χ1v) is 6.68. The first-order valence-electron chi connectivity index (χ1n) is 5.07. The second-order valence-corrected chi connectivity index (χ2v) is 5.64. The number of thiazole rings is 1. The van der Waals surface area contributed by atoms with Crippen LogP contribution in [0.5, 0.6) is 5.75 Å². The van der Waals surface area contributed by atoms with Crippen LogP contribution in [0.15, 0.2) is 22.7 Å². The minimum absolute atomic E-state index is 0.113. The van der Waals surface area contributed by atoms with Crippen LogP contribution in [0.3, 0.4) is 0 Å². The number of hydrogen-bond donors (Lipinski definition) is 1. The highest BCUT2D eigenvalue weighted by Gasteiger charge is 2.15. The number of benzene rings is 1. The van der Waals surface area contributed by atoms with Gasteiger partial charge in [0.05, 0.1) is 11.6 Å². The molecular weight excluding hydrogens is 318 g/mol. The Kier molecular flexibility index (Phi) is 3.68. The van der Waals surface area contributed by atoms with Gasteiger partial charge in [-0.3, -0.25) is 0 Å². The van der Waals surface area contributed by atoms with Crippen LogP contribution in [0.4, 0.5) is 0 Å². The van der Waals surface area contributed by atoms with Gasteiger partial charge in [-0.05, 0) is 41.1 Å². The lowest BCUT2D eigenvalue weighted by Gasteiger charge is -2.04. The molecular formula is C12H10BrNO3S. The molecule has 0 spiro atoms. The van der Waals surface area contributed by atoms with Gasteiger partial charge >= 0.3 is 5.97 Å². The number of halogens is 1. The number of methoxy groups -OCH3 is 1. The first-order chi connectivity index (χ1) is 8.52. The number of nitrogens with zero attached hydrogens (tertiary/aromatic N) is 1. The molecule has 0 aliphatic rings. The number of hydrogen-bond acceptors (Lipinski definition) is 4. The number of carboxylic acid groups (broad SMARTS) is 1. The Balaban J connectivity index is 2.46. The van der Waals surface area contributed by atoms with Crippen LogP contribution in [0.2, 0.25) is 0 Å². The van der Waals surface area contributed by atoms with E-state index in [9.17, 15) is 4.79 Å². The van der Waals surface area contributed by atoms with Gasteiger partial charge in [0.15, 0.2) is 5.69 Å². The smallest absolute Gasteiger partial charge is 0.355 e. The van der Waals surface area contributed by atoms with E-state index in [1.807, 2.05) is 18.2 Å². The summed E-state index contributed by atoms with van der Waals surface area (Å²) < 4.78 is 5.96. The molecule has 2 rings (SSSR count). The van der Waals surface area contributed by atoms with E-state index in [2.05, 4.69) is 20.9 Å². The van der Waals surface area contributed by atoms with Gasteiger partial charge in [-0.15, -0.1) is 11.3 Å². The van der Waals surface area contributed by atoms with E-state index in [1.54, 1.807) is 14.0 Å². The molecule has 0 unspecified atom stereocenters. The molecule has 1 N–H and O–H groups in total. The average Bonchev–Trinajstić information content (AvgIpc) is 2.71. The first kappa shape index (κ1) is 13.0. The fourth-order valence-electron chi connectivity index (χ4n) is 1.52. The van der Waals surface area contributed by atoms with Gasteiger partial charge in [0.2, 0.25) is 0 Å². The van der Waals surface area contributed by atoms with E-state index in [4.69, 9.17) is 9.84 Å². The zero-order valence-electron chi connectivity index (χ0n) is 9.73. The molecule has 0 aliphatic heterocycles. The molecule has 6 heteroatoms. The number of rotatable bonds is 3. The predicted octanol–water partition coefficient (Wildman–Crippen LogP) is 3.59. The maximum atomic E-state index is 10.9. The maximum Gasteiger partial charge on any atom is 0.355 e. The molecule has 1 aromatic heterocycles. The van der Waals surface area contributed by atoms with Crippen molar-refractivity contribution in [3.63, 3.8) is 0 Å². The van der Waals surface area contributed by atoms with Crippen LogP contribution < -0.4 is 4.74 Å². The second kappa shape index (κ2) is 5.07. The van der Waals surface area contributed by atoms with E-state index in [0.717, 1.165) is 15.8 Å². The summed E-state index contributed by atoms with van der Waals surface area (Å²) in [5.41, 5.74) is 0.977. The van der Waals surface area contributed by atoms with Crippen molar-refractivity contribution in [2.75, 3.05) is 7.11 Å². The van der Waals surface area contributed by atoms with Gasteiger partial charge in [-0.1, -0.05) is 0 Å². The Morgan fingerprint density at radius 2 is 2.22 bits per heavy atom. The van der Waals surface area contributed by atoms with Gasteiger partial charge in [-0.25, -0.2) is 9.78 Å². The standard InChI is InChI=1S/C12H10BrNO3S/c1-6-10(12(15)16)14-11(18-6)7-3-4-9(17-2)8(13)5-7/h3-5H,1-2H3,(H,15,16). The van der Waals surface area contributed by atoms with Crippen molar-refractivity contribution in [3.8, 4) is 16.3 Å². The Morgan fingerprint density at radius 1 is 1.50 bits per heavy atom. The summed E-state index contributed by atoms with van der Waals surface area (Å²) in [6, 6.07) is 5.53. The highest BCUT2D eigenvalue weighted by atomic mass is 79.9. The molecule has 4 nitrogen and oxygen atoms in total. The average molecular weight is 328 g/mol. The van der Waals surface area contributed by atoms with E-state index in [-0.39, 0.29) is 5.69 Å². The van der Waals surface area contributed by atoms with Crippen molar-refractivity contribution >= 4 is 33.2 Å². The Morgan fingerprint density at radius 3 is 2.72 bits per heavy atom. The molecule has 0 saturated heterocycles. The summed E-state index contributed by atoms with van der Waals surface area (Å²) in [6.45, 7) is 1.75. The molecule has 0 fully saturated rings. The molecule has 1 aromatic carbocycles. The molecule has 0 saturated carbocycles. The third-order valence-corrected chi connectivity index (χ3v) is 4.04. The van der Waals surface area contributed by atoms with Crippen LogP contribution in [0.1, 0.15) is 15.4 Å². The molecule has 0 bridgehead atoms. The molecule has 18 heavy (non-hydrogen) atoms. The number of aryl methyl sites for hydroxylation is 1. The molecule has 0 radical (unpaired) electrons. The SMILES string of the molecule is COc1ccc(-c2nc(C(=O)O)c(C)s2)cc1Br. The largest absolute Gasteiger partial charge is 0.496 e. The summed E-state index contributed by atoms with van der Waals surface area (Å²) in [6.07, 6.45) is 0. The third kappa shape index (κ3) is 2.39. The van der Waals surface area contributed by atoms with Crippen LogP contribution >= 0.6 is 27.3 Å². The van der Waals surface area contributed by atoms with E-state index in [0.29, 0.717) is 9.88 Å². The molecule has 1 heterocycles. The number of carbonyl (C=O) groups is 1. The fraction of sp³-hybridized carbons (Fsp3) is 0.167. The van der Waals surface area contributed by atoms with Crippen LogP contribution in [0.25, 0.3) is 10.6 Å². The lowest BCUT2D eigenvalue weighted by molar-refractivity contribution is 0.0690. The van der Waals surface area contributed by atoms with Gasteiger partial charge in [0.25, 0.3) is 0 Å². The van der Waals surface area contributed by atoms with Crippen molar-refractivity contribution in [1.29, 1.82) is 0 Å². The molecule has 0 amide bonds. The lowest BCUT2D eigenvalue weighted by Crippen LogP contribution is -1.98. The zero-order chi connectivity index (χ0) is 13.3. The number of aromatic carboxylic acids is 1. The zero-order valence-corrected chi connectivity index (χ0v) is 12.1. The van der Waals surface area contributed by atoms with Gasteiger partial charge in [-0.2, -0.15) is 0 Å². The second-order valence-electron chi connectivity index (χ2n) is 3.58. The highest BCUT2D eigenvalue weighted by Crippen LogP contribution is 2.33. The van der Waals surface area contributed by atoms with E-state index < -0.39 is 5.97 Å². The number of aromatic nitrogens is 1. The predicted molar refractivity (Wildman–Crippen MR) is 73.5 cm³/mol. The fourth-order valence-corrected chi connectivity index (χ4v) is 2.96. The van der Waals surface area contributed by atoms with Crippen LogP contribution in [0, 0.1) is 6.92 Å². The minimum Gasteiger partial charge on any atom is -0.496 e. The van der Waals surface area contributed by atoms with Crippen LogP contribution in [-0.4, -0.2) is 23.2 Å². The molecule has 2 aromatic rings. The van der Waals surface area contributed by atoms with Crippen molar-refractivity contribution in [1.82, 2.24) is 4.98 Å². The Labute approximate surface area is 116 Å². The van der Waals surface area contributed by atoms with E-state index in [1.165, 1.54) is 11.3 Å². The van der Waals surface area contributed by atoms with Gasteiger partial charge in [0, 0.05) is 10.4 Å². The lowest BCUT2D eigenvalue weighted by atomic mass is 10.2. The Bertz CT molecular complexity index is 609. The summed E-state index contributed by atoms with van der Waals surface area (Å²) in [5, 5.41) is 9.67. The number of carboxylic acids is 1. The maximum absolute atomic E-state index is 10.9. The summed E-state index contributed by atoms with van der Waals surface area (Å²) in [7, 11) is 1.59. The number of ether oxygens (including phenoxy) is 1. The molecule has 0 atom stereocenters. The quantitative estimate of drug-likeness (QED) is 0.935. The van der Waals surface area contributed by atoms with Gasteiger partial charge in [0.1, 0.15) is 10.8 Å². The molecule has 94 valence electrons. The van der Waals surface area contributed by atoms with Crippen molar-refractivity contribution in [2.24, 2.45) is 0 Å².